The molecule has 0 heterocycles. The van der Waals surface area contributed by atoms with Gasteiger partial charge in [-0.2, -0.15) is 0 Å². The maximum atomic E-state index is 8.11. The summed E-state index contributed by atoms with van der Waals surface area (Å²) in [7, 11) is 3.27. The van der Waals surface area contributed by atoms with E-state index >= 15 is 0 Å². The zero-order valence-electron chi connectivity index (χ0n) is 5.42. The number of nitrogens with one attached hydrogen (secondary N) is 2. The minimum atomic E-state index is -0.0417. The summed E-state index contributed by atoms with van der Waals surface area (Å²) < 4.78 is 0. The van der Waals surface area contributed by atoms with Crippen LogP contribution >= 0.6 is 0 Å². The number of guanidine groups is 1. The quantitative estimate of drug-likeness (QED) is 0.155. The normalized spacial score (nSPS) is 11.6. The van der Waals surface area contributed by atoms with Crippen molar-refractivity contribution in [3.63, 3.8) is 0 Å². The van der Waals surface area contributed by atoms with Crippen molar-refractivity contribution in [1.82, 2.24) is 16.0 Å². The van der Waals surface area contributed by atoms with E-state index in [4.69, 9.17) is 10.9 Å². The highest BCUT2D eigenvalue weighted by Gasteiger charge is 1.99. The van der Waals surface area contributed by atoms with E-state index in [1.165, 1.54) is 5.12 Å². The molecule has 6 nitrogen and oxygen atoms in total. The van der Waals surface area contributed by atoms with E-state index in [1.807, 2.05) is 0 Å². The molecule has 54 valence electrons. The predicted octanol–water partition coefficient (Wildman–Crippen LogP) is -1.74. The molecule has 0 rings (SSSR count). The molecule has 6 heteroatoms. The zero-order valence-corrected chi connectivity index (χ0v) is 5.42. The van der Waals surface area contributed by atoms with Crippen molar-refractivity contribution in [2.45, 2.75) is 0 Å². The molecule has 0 saturated carbocycles. The zero-order chi connectivity index (χ0) is 7.28. The van der Waals surface area contributed by atoms with Crippen LogP contribution in [0.5, 0.6) is 0 Å². The molecule has 9 heavy (non-hydrogen) atoms. The first-order chi connectivity index (χ1) is 4.26. The second kappa shape index (κ2) is 3.93. The van der Waals surface area contributed by atoms with E-state index in [1.54, 1.807) is 14.1 Å². The van der Waals surface area contributed by atoms with Gasteiger partial charge in [0.25, 0.3) is 5.96 Å². The topological polar surface area (TPSA) is 85.9 Å². The molecule has 0 bridgehead atoms. The molecule has 0 fully saturated rings. The highest BCUT2D eigenvalue weighted by atomic mass is 16.4. The van der Waals surface area contributed by atoms with Crippen LogP contribution in [0.15, 0.2) is 5.16 Å². The molecule has 0 aromatic rings. The van der Waals surface area contributed by atoms with Crippen LogP contribution in [0.25, 0.3) is 0 Å². The Hall–Kier alpha value is -1.01. The number of hydrogen-bond donors (Lipinski definition) is 4. The van der Waals surface area contributed by atoms with Crippen LogP contribution in [0.3, 0.4) is 0 Å². The van der Waals surface area contributed by atoms with Gasteiger partial charge in [-0.25, -0.2) is 16.0 Å². The van der Waals surface area contributed by atoms with Crippen LogP contribution in [0.4, 0.5) is 0 Å². The molecule has 0 unspecified atom stereocenters. The standard InChI is InChI=1S/C3H11N5O/c1-5-8(6-2)3(4)7-9/h5-6,9H,1-2H3,(H2,4,7). The van der Waals surface area contributed by atoms with E-state index in [2.05, 4.69) is 16.0 Å². The molecule has 0 radical (unpaired) electrons. The lowest BCUT2D eigenvalue weighted by Crippen LogP contribution is -2.52. The maximum absolute atomic E-state index is 8.11. The van der Waals surface area contributed by atoms with Gasteiger partial charge in [0.15, 0.2) is 0 Å². The van der Waals surface area contributed by atoms with E-state index in [0.717, 1.165) is 0 Å². The van der Waals surface area contributed by atoms with Crippen molar-refractivity contribution in [3.8, 4) is 0 Å². The van der Waals surface area contributed by atoms with Crippen molar-refractivity contribution >= 4 is 5.96 Å². The first kappa shape index (κ1) is 7.99. The molecule has 5 N–H and O–H groups in total. The lowest BCUT2D eigenvalue weighted by atomic mass is 11.0. The van der Waals surface area contributed by atoms with Gasteiger partial charge in [0.05, 0.1) is 0 Å². The molecule has 0 aromatic carbocycles. The van der Waals surface area contributed by atoms with Gasteiger partial charge >= 0.3 is 0 Å². The Morgan fingerprint density at radius 3 is 2.11 bits per heavy atom. The molecule has 0 aliphatic carbocycles. The third-order valence-corrected chi connectivity index (χ3v) is 0.779. The first-order valence-electron chi connectivity index (χ1n) is 2.38. The second-order valence-corrected chi connectivity index (χ2v) is 1.24. The van der Waals surface area contributed by atoms with Crippen LogP contribution in [-0.4, -0.2) is 30.4 Å². The van der Waals surface area contributed by atoms with Gasteiger partial charge in [-0.1, -0.05) is 0 Å². The van der Waals surface area contributed by atoms with Gasteiger partial charge in [0.1, 0.15) is 0 Å². The summed E-state index contributed by atoms with van der Waals surface area (Å²) in [6, 6.07) is 0. The van der Waals surface area contributed by atoms with Gasteiger partial charge in [-0.15, -0.1) is 0 Å². The number of hydrazine groups is 2. The number of rotatable bonds is 2. The van der Waals surface area contributed by atoms with Crippen LogP contribution in [0.2, 0.25) is 0 Å². The third-order valence-electron chi connectivity index (χ3n) is 0.779. The fourth-order valence-corrected chi connectivity index (χ4v) is 0.386. The van der Waals surface area contributed by atoms with Crippen LogP contribution in [0, 0.1) is 0 Å². The highest BCUT2D eigenvalue weighted by Crippen LogP contribution is 1.68. The summed E-state index contributed by atoms with van der Waals surface area (Å²) in [5, 5.41) is 12.1. The molecule has 0 saturated heterocycles. The lowest BCUT2D eigenvalue weighted by molar-refractivity contribution is 0.236. The van der Waals surface area contributed by atoms with E-state index in [-0.39, 0.29) is 5.96 Å². The largest absolute Gasteiger partial charge is 0.408 e. The third kappa shape index (κ3) is 2.15. The van der Waals surface area contributed by atoms with Crippen molar-refractivity contribution in [2.24, 2.45) is 10.9 Å². The first-order valence-corrected chi connectivity index (χ1v) is 2.38. The van der Waals surface area contributed by atoms with E-state index < -0.39 is 0 Å². The Morgan fingerprint density at radius 1 is 1.56 bits per heavy atom. The summed E-state index contributed by atoms with van der Waals surface area (Å²) in [6.07, 6.45) is 0. The average molecular weight is 133 g/mol. The molecule has 0 spiro atoms. The molecule has 0 amide bonds. The van der Waals surface area contributed by atoms with Crippen molar-refractivity contribution < 1.29 is 5.21 Å². The summed E-state index contributed by atoms with van der Waals surface area (Å²) in [6.45, 7) is 0. The smallest absolute Gasteiger partial charge is 0.262 e. The van der Waals surface area contributed by atoms with Crippen molar-refractivity contribution in [3.05, 3.63) is 0 Å². The summed E-state index contributed by atoms with van der Waals surface area (Å²) >= 11 is 0. The Balaban J connectivity index is 3.79. The van der Waals surface area contributed by atoms with Crippen molar-refractivity contribution in [1.29, 1.82) is 0 Å². The number of oxime groups is 1. The molecule has 0 atom stereocenters. The maximum Gasteiger partial charge on any atom is 0.262 e. The van der Waals surface area contributed by atoms with Gasteiger partial charge in [0, 0.05) is 14.1 Å². The predicted molar refractivity (Wildman–Crippen MR) is 33.4 cm³/mol. The number of hydrogen-bond acceptors (Lipinski definition) is 4. The van der Waals surface area contributed by atoms with Gasteiger partial charge in [-0.3, -0.25) is 0 Å². The highest BCUT2D eigenvalue weighted by molar-refractivity contribution is 5.76. The van der Waals surface area contributed by atoms with Gasteiger partial charge in [-0.05, 0) is 5.16 Å². The fraction of sp³-hybridized carbons (Fsp3) is 0.667. The Bertz CT molecular complexity index is 98.4. The van der Waals surface area contributed by atoms with Crippen LogP contribution in [0.1, 0.15) is 0 Å². The Labute approximate surface area is 53.3 Å². The SMILES string of the molecule is CNN(NC)C(N)=NO. The molecule has 0 aromatic heterocycles. The number of nitrogens with zero attached hydrogens (tertiary/aromatic N) is 2. The Morgan fingerprint density at radius 2 is 2.00 bits per heavy atom. The van der Waals surface area contributed by atoms with Crippen LogP contribution < -0.4 is 16.6 Å². The summed E-state index contributed by atoms with van der Waals surface area (Å²) in [4.78, 5) is 0. The van der Waals surface area contributed by atoms with E-state index in [9.17, 15) is 0 Å². The Kier molecular flexibility index (Phi) is 3.49. The van der Waals surface area contributed by atoms with E-state index in [0.29, 0.717) is 0 Å². The van der Waals surface area contributed by atoms with Crippen molar-refractivity contribution in [2.75, 3.05) is 14.1 Å². The van der Waals surface area contributed by atoms with Crippen LogP contribution in [-0.2, 0) is 0 Å². The molecule has 0 aliphatic heterocycles. The number of nitrogens with two attached hydrogens (primary N) is 1. The second-order valence-electron chi connectivity index (χ2n) is 1.24. The van der Waals surface area contributed by atoms with Gasteiger partial charge in [0.2, 0.25) is 0 Å². The minimum Gasteiger partial charge on any atom is -0.408 e. The minimum absolute atomic E-state index is 0.0417. The molecular weight excluding hydrogens is 122 g/mol. The lowest BCUT2D eigenvalue weighted by Gasteiger charge is -2.18. The monoisotopic (exact) mass is 133 g/mol. The van der Waals surface area contributed by atoms with Gasteiger partial charge < -0.3 is 10.9 Å². The molecule has 0 aliphatic rings. The summed E-state index contributed by atoms with van der Waals surface area (Å²) in [5.74, 6) is -0.0417. The fourth-order valence-electron chi connectivity index (χ4n) is 0.386. The molecular formula is C3H11N5O. The summed E-state index contributed by atoms with van der Waals surface area (Å²) in [5.41, 5.74) is 10.4. The average Bonchev–Trinajstić information content (AvgIpc) is 1.90.